The lowest BCUT2D eigenvalue weighted by molar-refractivity contribution is 0.164. The minimum atomic E-state index is -3.49. The van der Waals surface area contributed by atoms with Crippen molar-refractivity contribution in [2.75, 3.05) is 19.7 Å². The van der Waals surface area contributed by atoms with E-state index in [-0.39, 0.29) is 19.1 Å². The molecule has 0 aliphatic carbocycles. The molecule has 1 aliphatic rings. The van der Waals surface area contributed by atoms with Gasteiger partial charge in [0.1, 0.15) is 0 Å². The van der Waals surface area contributed by atoms with Crippen LogP contribution in [0.15, 0.2) is 12.3 Å². The van der Waals surface area contributed by atoms with Crippen molar-refractivity contribution in [1.82, 2.24) is 18.8 Å². The molecule has 108 valence electrons. The highest BCUT2D eigenvalue weighted by Crippen LogP contribution is 2.18. The predicted octanol–water partition coefficient (Wildman–Crippen LogP) is -0.541. The molecule has 0 bridgehead atoms. The van der Waals surface area contributed by atoms with Gasteiger partial charge in [0.2, 0.25) is 0 Å². The first-order chi connectivity index (χ1) is 9.03. The van der Waals surface area contributed by atoms with E-state index in [2.05, 4.69) is 9.82 Å². The topological polar surface area (TPSA) is 87.5 Å². The summed E-state index contributed by atoms with van der Waals surface area (Å²) in [7, 11) is -1.72. The van der Waals surface area contributed by atoms with E-state index in [1.807, 2.05) is 0 Å². The molecule has 1 aliphatic heterocycles. The van der Waals surface area contributed by atoms with Crippen LogP contribution in [-0.2, 0) is 23.8 Å². The number of aliphatic hydroxyl groups excluding tert-OH is 1. The molecule has 0 radical (unpaired) electrons. The van der Waals surface area contributed by atoms with Crippen LogP contribution in [-0.4, -0.2) is 47.3 Å². The molecular weight excluding hydrogens is 268 g/mol. The quantitative estimate of drug-likeness (QED) is 0.761. The summed E-state index contributed by atoms with van der Waals surface area (Å²) in [5, 5.41) is 13.1. The number of nitrogens with zero attached hydrogens (tertiary/aromatic N) is 3. The number of nitrogens with one attached hydrogen (secondary N) is 1. The molecule has 1 unspecified atom stereocenters. The van der Waals surface area contributed by atoms with Gasteiger partial charge in [0.15, 0.2) is 0 Å². The lowest BCUT2D eigenvalue weighted by atomic mass is 10.0. The van der Waals surface area contributed by atoms with Crippen LogP contribution in [0.2, 0.25) is 0 Å². The molecule has 1 saturated heterocycles. The number of aliphatic hydroxyl groups is 1. The number of hydrogen-bond donors (Lipinski definition) is 2. The summed E-state index contributed by atoms with van der Waals surface area (Å²) in [5.41, 5.74) is 0.805. The Kier molecular flexibility index (Phi) is 4.56. The zero-order valence-corrected chi connectivity index (χ0v) is 11.8. The highest BCUT2D eigenvalue weighted by molar-refractivity contribution is 7.87. The van der Waals surface area contributed by atoms with Crippen molar-refractivity contribution in [3.63, 3.8) is 0 Å². The molecule has 2 heterocycles. The summed E-state index contributed by atoms with van der Waals surface area (Å²) < 4.78 is 29.9. The van der Waals surface area contributed by atoms with Crippen LogP contribution in [0.25, 0.3) is 0 Å². The third kappa shape index (κ3) is 3.53. The molecule has 2 rings (SSSR count). The van der Waals surface area contributed by atoms with E-state index in [1.54, 1.807) is 24.0 Å². The van der Waals surface area contributed by atoms with Gasteiger partial charge >= 0.3 is 0 Å². The maximum absolute atomic E-state index is 12.2. The Bertz CT molecular complexity index is 514. The summed E-state index contributed by atoms with van der Waals surface area (Å²) in [5.74, 6) is 0.0435. The Morgan fingerprint density at radius 1 is 1.58 bits per heavy atom. The second-order valence-electron chi connectivity index (χ2n) is 4.82. The zero-order valence-electron chi connectivity index (χ0n) is 11.0. The van der Waals surface area contributed by atoms with Crippen LogP contribution in [0.4, 0.5) is 0 Å². The molecule has 2 N–H and O–H groups in total. The number of rotatable bonds is 5. The van der Waals surface area contributed by atoms with Crippen LogP contribution in [0.3, 0.4) is 0 Å². The smallest absolute Gasteiger partial charge is 0.279 e. The first-order valence-electron chi connectivity index (χ1n) is 6.35. The number of aromatic nitrogens is 2. The summed E-state index contributed by atoms with van der Waals surface area (Å²) in [6.45, 7) is 1.15. The van der Waals surface area contributed by atoms with Crippen LogP contribution in [0, 0.1) is 5.92 Å². The molecule has 0 aromatic carbocycles. The SMILES string of the molecule is Cn1nccc1CNS(=O)(=O)N1CCCC(CO)C1. The molecule has 1 atom stereocenters. The van der Waals surface area contributed by atoms with Crippen molar-refractivity contribution < 1.29 is 13.5 Å². The second-order valence-corrected chi connectivity index (χ2v) is 6.58. The van der Waals surface area contributed by atoms with Crippen LogP contribution in [0.1, 0.15) is 18.5 Å². The van der Waals surface area contributed by atoms with Crippen molar-refractivity contribution in [3.05, 3.63) is 18.0 Å². The lowest BCUT2D eigenvalue weighted by Crippen LogP contribution is -2.46. The molecule has 0 amide bonds. The van der Waals surface area contributed by atoms with Gasteiger partial charge in [-0.15, -0.1) is 0 Å². The minimum absolute atomic E-state index is 0.0355. The highest BCUT2D eigenvalue weighted by atomic mass is 32.2. The maximum atomic E-state index is 12.2. The van der Waals surface area contributed by atoms with Gasteiger partial charge in [0.25, 0.3) is 10.2 Å². The van der Waals surface area contributed by atoms with Crippen LogP contribution < -0.4 is 4.72 Å². The Hall–Kier alpha value is -0.960. The fraction of sp³-hybridized carbons (Fsp3) is 0.727. The van der Waals surface area contributed by atoms with Crippen LogP contribution >= 0.6 is 0 Å². The summed E-state index contributed by atoms with van der Waals surface area (Å²) in [6.07, 6.45) is 3.30. The van der Waals surface area contributed by atoms with E-state index in [9.17, 15) is 8.42 Å². The zero-order chi connectivity index (χ0) is 13.9. The van der Waals surface area contributed by atoms with E-state index < -0.39 is 10.2 Å². The molecule has 0 saturated carbocycles. The monoisotopic (exact) mass is 288 g/mol. The molecule has 0 spiro atoms. The Balaban J connectivity index is 1.96. The van der Waals surface area contributed by atoms with Gasteiger partial charge in [-0.3, -0.25) is 4.68 Å². The van der Waals surface area contributed by atoms with E-state index in [1.165, 1.54) is 4.31 Å². The Labute approximate surface area is 113 Å². The van der Waals surface area contributed by atoms with Gasteiger partial charge in [-0.2, -0.15) is 22.5 Å². The minimum Gasteiger partial charge on any atom is -0.396 e. The van der Waals surface area contributed by atoms with E-state index in [4.69, 9.17) is 5.11 Å². The summed E-state index contributed by atoms with van der Waals surface area (Å²) in [6, 6.07) is 1.77. The predicted molar refractivity (Wildman–Crippen MR) is 70.4 cm³/mol. The summed E-state index contributed by atoms with van der Waals surface area (Å²) >= 11 is 0. The average Bonchev–Trinajstić information content (AvgIpc) is 2.82. The van der Waals surface area contributed by atoms with E-state index in [0.717, 1.165) is 18.5 Å². The fourth-order valence-corrected chi connectivity index (χ4v) is 3.51. The molecule has 8 heteroatoms. The molecule has 19 heavy (non-hydrogen) atoms. The van der Waals surface area contributed by atoms with Gasteiger partial charge in [-0.25, -0.2) is 0 Å². The first kappa shape index (κ1) is 14.4. The maximum Gasteiger partial charge on any atom is 0.279 e. The molecule has 7 nitrogen and oxygen atoms in total. The van der Waals surface area contributed by atoms with Gasteiger partial charge in [0.05, 0.1) is 12.2 Å². The van der Waals surface area contributed by atoms with Gasteiger partial charge in [0, 0.05) is 32.9 Å². The molecule has 1 fully saturated rings. The normalized spacial score (nSPS) is 21.7. The summed E-state index contributed by atoms with van der Waals surface area (Å²) in [4.78, 5) is 0. The van der Waals surface area contributed by atoms with Crippen molar-refractivity contribution in [2.24, 2.45) is 13.0 Å². The number of hydrogen-bond acceptors (Lipinski definition) is 4. The fourth-order valence-electron chi connectivity index (χ4n) is 2.23. The van der Waals surface area contributed by atoms with E-state index in [0.29, 0.717) is 13.1 Å². The lowest BCUT2D eigenvalue weighted by Gasteiger charge is -2.30. The van der Waals surface area contributed by atoms with Crippen molar-refractivity contribution in [3.8, 4) is 0 Å². The van der Waals surface area contributed by atoms with Gasteiger partial charge in [-0.05, 0) is 24.8 Å². The molecular formula is C11H20N4O3S. The number of aryl methyl sites for hydroxylation is 1. The standard InChI is InChI=1S/C11H20N4O3S/c1-14-11(4-5-12-14)7-13-19(17,18)15-6-2-3-10(8-15)9-16/h4-5,10,13,16H,2-3,6-9H2,1H3. The third-order valence-electron chi connectivity index (χ3n) is 3.44. The highest BCUT2D eigenvalue weighted by Gasteiger charge is 2.28. The largest absolute Gasteiger partial charge is 0.396 e. The van der Waals surface area contributed by atoms with Gasteiger partial charge < -0.3 is 5.11 Å². The molecule has 1 aromatic rings. The third-order valence-corrected chi connectivity index (χ3v) is 4.96. The van der Waals surface area contributed by atoms with Crippen molar-refractivity contribution >= 4 is 10.2 Å². The second kappa shape index (κ2) is 6.00. The molecule has 1 aromatic heterocycles. The average molecular weight is 288 g/mol. The first-order valence-corrected chi connectivity index (χ1v) is 7.79. The number of piperidine rings is 1. The van der Waals surface area contributed by atoms with Crippen LogP contribution in [0.5, 0.6) is 0 Å². The van der Waals surface area contributed by atoms with Gasteiger partial charge in [-0.1, -0.05) is 0 Å². The Morgan fingerprint density at radius 2 is 2.37 bits per heavy atom. The Morgan fingerprint density at radius 3 is 3.00 bits per heavy atom. The van der Waals surface area contributed by atoms with E-state index >= 15 is 0 Å². The van der Waals surface area contributed by atoms with Crippen molar-refractivity contribution in [1.29, 1.82) is 0 Å². The van der Waals surface area contributed by atoms with Crippen molar-refractivity contribution in [2.45, 2.75) is 19.4 Å².